The molecule has 0 saturated heterocycles. The number of hydrogen-bond donors (Lipinski definition) is 1. The fourth-order valence-electron chi connectivity index (χ4n) is 2.50. The largest absolute Gasteiger partial charge is 0.350 e. The minimum absolute atomic E-state index is 0.124. The second-order valence-electron chi connectivity index (χ2n) is 6.50. The van der Waals surface area contributed by atoms with Crippen molar-refractivity contribution in [1.29, 1.82) is 0 Å². The number of hydrogen-bond acceptors (Lipinski definition) is 3. The van der Waals surface area contributed by atoms with Gasteiger partial charge in [-0.05, 0) is 42.3 Å². The first-order valence-electron chi connectivity index (χ1n) is 8.60. The van der Waals surface area contributed by atoms with Crippen molar-refractivity contribution in [2.45, 2.75) is 39.9 Å². The number of amides is 2. The lowest BCUT2D eigenvalue weighted by molar-refractivity contribution is -0.143. The van der Waals surface area contributed by atoms with Crippen LogP contribution in [0.15, 0.2) is 48.8 Å². The minimum Gasteiger partial charge on any atom is -0.350 e. The summed E-state index contributed by atoms with van der Waals surface area (Å²) in [5, 5.41) is 2.85. The quantitative estimate of drug-likeness (QED) is 0.829. The van der Waals surface area contributed by atoms with E-state index in [9.17, 15) is 14.0 Å². The summed E-state index contributed by atoms with van der Waals surface area (Å²) in [4.78, 5) is 30.6. The summed E-state index contributed by atoms with van der Waals surface area (Å²) in [6, 6.07) is 8.94. The number of rotatable bonds is 7. The van der Waals surface area contributed by atoms with E-state index in [1.807, 2.05) is 12.1 Å². The van der Waals surface area contributed by atoms with Gasteiger partial charge in [-0.15, -0.1) is 0 Å². The Morgan fingerprint density at radius 2 is 1.65 bits per heavy atom. The highest BCUT2D eigenvalue weighted by atomic mass is 19.1. The van der Waals surface area contributed by atoms with Gasteiger partial charge in [0.15, 0.2) is 0 Å². The summed E-state index contributed by atoms with van der Waals surface area (Å²) in [6.07, 6.45) is 3.32. The van der Waals surface area contributed by atoms with Gasteiger partial charge in [-0.2, -0.15) is 0 Å². The van der Waals surface area contributed by atoms with Crippen LogP contribution in [-0.2, 0) is 22.7 Å². The van der Waals surface area contributed by atoms with Gasteiger partial charge in [0, 0.05) is 31.4 Å². The maximum absolute atomic E-state index is 13.1. The molecule has 26 heavy (non-hydrogen) atoms. The van der Waals surface area contributed by atoms with E-state index in [1.165, 1.54) is 17.0 Å². The molecule has 2 rings (SSSR count). The zero-order chi connectivity index (χ0) is 19.1. The topological polar surface area (TPSA) is 62.3 Å². The molecule has 1 aromatic carbocycles. The second kappa shape index (κ2) is 9.08. The Morgan fingerprint density at radius 3 is 2.23 bits per heavy atom. The summed E-state index contributed by atoms with van der Waals surface area (Å²) in [6.45, 7) is 5.90. The van der Waals surface area contributed by atoms with E-state index in [2.05, 4.69) is 10.3 Å². The van der Waals surface area contributed by atoms with E-state index in [1.54, 1.807) is 45.3 Å². The van der Waals surface area contributed by atoms with Gasteiger partial charge in [-0.1, -0.05) is 26.0 Å². The third-order valence-electron chi connectivity index (χ3n) is 4.11. The van der Waals surface area contributed by atoms with E-state index >= 15 is 0 Å². The fraction of sp³-hybridized carbons (Fsp3) is 0.350. The lowest BCUT2D eigenvalue weighted by atomic mass is 10.1. The molecule has 1 atom stereocenters. The summed E-state index contributed by atoms with van der Waals surface area (Å²) >= 11 is 0. The van der Waals surface area contributed by atoms with E-state index < -0.39 is 6.04 Å². The standard InChI is InChI=1S/C20H24FN3O2/c1-14(2)20(26)24(13-17-4-6-18(21)7-5-17)15(3)19(25)23-12-16-8-10-22-11-9-16/h4-11,14-15H,12-13H2,1-3H3,(H,23,25)/t15-/m0/s1. The van der Waals surface area contributed by atoms with Crippen LogP contribution in [0.25, 0.3) is 0 Å². The fourth-order valence-corrected chi connectivity index (χ4v) is 2.50. The van der Waals surface area contributed by atoms with Gasteiger partial charge in [0.25, 0.3) is 0 Å². The Bertz CT molecular complexity index is 732. The van der Waals surface area contributed by atoms with Crippen molar-refractivity contribution in [2.75, 3.05) is 0 Å². The maximum atomic E-state index is 13.1. The molecule has 0 radical (unpaired) electrons. The van der Waals surface area contributed by atoms with Crippen molar-refractivity contribution < 1.29 is 14.0 Å². The van der Waals surface area contributed by atoms with E-state index in [0.29, 0.717) is 6.54 Å². The molecule has 6 heteroatoms. The SMILES string of the molecule is CC(C)C(=O)N(Cc1ccc(F)cc1)[C@@H](C)C(=O)NCc1ccncc1. The molecule has 138 valence electrons. The third kappa shape index (κ3) is 5.37. The van der Waals surface area contributed by atoms with Gasteiger partial charge in [0.05, 0.1) is 0 Å². The molecule has 1 aromatic heterocycles. The molecule has 0 unspecified atom stereocenters. The summed E-state index contributed by atoms with van der Waals surface area (Å²) in [5.74, 6) is -0.941. The number of benzene rings is 1. The normalized spacial score (nSPS) is 11.9. The Kier molecular flexibility index (Phi) is 6.83. The van der Waals surface area contributed by atoms with Gasteiger partial charge >= 0.3 is 0 Å². The lowest BCUT2D eigenvalue weighted by Gasteiger charge is -2.30. The molecule has 0 aliphatic heterocycles. The smallest absolute Gasteiger partial charge is 0.242 e. The van der Waals surface area contributed by atoms with Crippen molar-refractivity contribution in [1.82, 2.24) is 15.2 Å². The molecule has 0 aliphatic rings. The highest BCUT2D eigenvalue weighted by Gasteiger charge is 2.27. The van der Waals surface area contributed by atoms with Gasteiger partial charge in [-0.3, -0.25) is 14.6 Å². The molecular weight excluding hydrogens is 333 g/mol. The van der Waals surface area contributed by atoms with Gasteiger partial charge in [0.2, 0.25) is 11.8 Å². The zero-order valence-electron chi connectivity index (χ0n) is 15.3. The minimum atomic E-state index is -0.642. The predicted molar refractivity (Wildman–Crippen MR) is 97.3 cm³/mol. The van der Waals surface area contributed by atoms with E-state index in [4.69, 9.17) is 0 Å². The van der Waals surface area contributed by atoms with Crippen LogP contribution in [0.2, 0.25) is 0 Å². The van der Waals surface area contributed by atoms with Gasteiger partial charge in [-0.25, -0.2) is 4.39 Å². The Morgan fingerprint density at radius 1 is 1.04 bits per heavy atom. The van der Waals surface area contributed by atoms with Crippen LogP contribution in [0.5, 0.6) is 0 Å². The average molecular weight is 357 g/mol. The summed E-state index contributed by atoms with van der Waals surface area (Å²) in [5.41, 5.74) is 1.70. The van der Waals surface area contributed by atoms with Crippen LogP contribution in [0, 0.1) is 11.7 Å². The van der Waals surface area contributed by atoms with Crippen molar-refractivity contribution in [3.63, 3.8) is 0 Å². The van der Waals surface area contributed by atoms with Crippen LogP contribution >= 0.6 is 0 Å². The van der Waals surface area contributed by atoms with E-state index in [0.717, 1.165) is 11.1 Å². The molecular formula is C20H24FN3O2. The number of carbonyl (C=O) groups is 2. The first kappa shape index (κ1) is 19.6. The Labute approximate surface area is 153 Å². The first-order chi connectivity index (χ1) is 12.4. The number of nitrogens with one attached hydrogen (secondary N) is 1. The molecule has 0 fully saturated rings. The highest BCUT2D eigenvalue weighted by Crippen LogP contribution is 2.14. The number of nitrogens with zero attached hydrogens (tertiary/aromatic N) is 2. The predicted octanol–water partition coefficient (Wildman–Crippen LogP) is 2.91. The number of pyridine rings is 1. The number of aromatic nitrogens is 1. The molecule has 0 spiro atoms. The van der Waals surface area contributed by atoms with Crippen molar-refractivity contribution in [3.05, 3.63) is 65.7 Å². The van der Waals surface area contributed by atoms with E-state index in [-0.39, 0.29) is 30.1 Å². The molecule has 1 N–H and O–H groups in total. The van der Waals surface area contributed by atoms with Crippen LogP contribution in [0.1, 0.15) is 31.9 Å². The molecule has 0 aliphatic carbocycles. The average Bonchev–Trinajstić information content (AvgIpc) is 2.65. The molecule has 2 aromatic rings. The van der Waals surface area contributed by atoms with Crippen molar-refractivity contribution in [3.8, 4) is 0 Å². The Hall–Kier alpha value is -2.76. The summed E-state index contributed by atoms with van der Waals surface area (Å²) < 4.78 is 13.1. The lowest BCUT2D eigenvalue weighted by Crippen LogP contribution is -2.48. The highest BCUT2D eigenvalue weighted by molar-refractivity contribution is 5.88. The molecule has 0 bridgehead atoms. The van der Waals surface area contributed by atoms with Crippen LogP contribution in [0.3, 0.4) is 0 Å². The maximum Gasteiger partial charge on any atom is 0.242 e. The number of halogens is 1. The molecule has 1 heterocycles. The monoisotopic (exact) mass is 357 g/mol. The van der Waals surface area contributed by atoms with Crippen LogP contribution in [-0.4, -0.2) is 27.7 Å². The third-order valence-corrected chi connectivity index (χ3v) is 4.11. The van der Waals surface area contributed by atoms with Crippen molar-refractivity contribution >= 4 is 11.8 Å². The molecule has 0 saturated carbocycles. The first-order valence-corrected chi connectivity index (χ1v) is 8.60. The molecule has 2 amide bonds. The second-order valence-corrected chi connectivity index (χ2v) is 6.50. The summed E-state index contributed by atoms with van der Waals surface area (Å²) in [7, 11) is 0. The van der Waals surface area contributed by atoms with Crippen LogP contribution < -0.4 is 5.32 Å². The number of carbonyl (C=O) groups excluding carboxylic acids is 2. The Balaban J connectivity index is 2.08. The zero-order valence-corrected chi connectivity index (χ0v) is 15.3. The van der Waals surface area contributed by atoms with Crippen LogP contribution in [0.4, 0.5) is 4.39 Å². The molecule has 5 nitrogen and oxygen atoms in total. The van der Waals surface area contributed by atoms with Gasteiger partial charge < -0.3 is 10.2 Å². The van der Waals surface area contributed by atoms with Gasteiger partial charge in [0.1, 0.15) is 11.9 Å². The van der Waals surface area contributed by atoms with Crippen molar-refractivity contribution in [2.24, 2.45) is 5.92 Å².